The lowest BCUT2D eigenvalue weighted by atomic mass is 10.1. The SMILES string of the molecule is O=C(NCc1cccnn1)NCC1(C(=O)O)CC1. The number of urea groups is 1. The third-order valence-corrected chi connectivity index (χ3v) is 2.95. The van der Waals surface area contributed by atoms with E-state index in [0.717, 1.165) is 0 Å². The van der Waals surface area contributed by atoms with E-state index in [0.29, 0.717) is 18.5 Å². The second-order valence-electron chi connectivity index (χ2n) is 4.34. The Balaban J connectivity index is 1.72. The molecule has 1 fully saturated rings. The van der Waals surface area contributed by atoms with Crippen LogP contribution in [0, 0.1) is 5.41 Å². The molecule has 0 aromatic carbocycles. The molecule has 0 bridgehead atoms. The lowest BCUT2D eigenvalue weighted by Crippen LogP contribution is -2.40. The Morgan fingerprint density at radius 3 is 2.72 bits per heavy atom. The average Bonchev–Trinajstić information content (AvgIpc) is 3.16. The molecule has 1 aliphatic carbocycles. The van der Waals surface area contributed by atoms with Gasteiger partial charge in [0.25, 0.3) is 0 Å². The molecule has 96 valence electrons. The number of carboxylic acid groups (broad SMARTS) is 1. The molecule has 1 saturated carbocycles. The first-order valence-electron chi connectivity index (χ1n) is 5.64. The Morgan fingerprint density at radius 1 is 1.39 bits per heavy atom. The maximum Gasteiger partial charge on any atom is 0.315 e. The molecule has 1 aromatic heterocycles. The van der Waals surface area contributed by atoms with E-state index in [1.807, 2.05) is 0 Å². The Morgan fingerprint density at radius 2 is 2.17 bits per heavy atom. The van der Waals surface area contributed by atoms with E-state index < -0.39 is 17.4 Å². The summed E-state index contributed by atoms with van der Waals surface area (Å²) < 4.78 is 0. The molecular weight excluding hydrogens is 236 g/mol. The maximum atomic E-state index is 11.5. The van der Waals surface area contributed by atoms with Crippen molar-refractivity contribution in [2.75, 3.05) is 6.54 Å². The van der Waals surface area contributed by atoms with E-state index in [9.17, 15) is 9.59 Å². The summed E-state index contributed by atoms with van der Waals surface area (Å²) in [6.45, 7) is 0.425. The smallest absolute Gasteiger partial charge is 0.315 e. The number of nitrogens with one attached hydrogen (secondary N) is 2. The van der Waals surface area contributed by atoms with Gasteiger partial charge in [0.05, 0.1) is 17.7 Å². The van der Waals surface area contributed by atoms with Crippen LogP contribution < -0.4 is 10.6 Å². The van der Waals surface area contributed by atoms with Crippen molar-refractivity contribution in [2.45, 2.75) is 19.4 Å². The summed E-state index contributed by atoms with van der Waals surface area (Å²) >= 11 is 0. The van der Waals surface area contributed by atoms with Gasteiger partial charge in [0, 0.05) is 12.7 Å². The van der Waals surface area contributed by atoms with E-state index in [4.69, 9.17) is 5.11 Å². The van der Waals surface area contributed by atoms with Gasteiger partial charge < -0.3 is 15.7 Å². The first-order chi connectivity index (χ1) is 8.62. The van der Waals surface area contributed by atoms with Gasteiger partial charge in [-0.15, -0.1) is 0 Å². The first-order valence-corrected chi connectivity index (χ1v) is 5.64. The van der Waals surface area contributed by atoms with Crippen molar-refractivity contribution in [3.8, 4) is 0 Å². The molecule has 0 saturated heterocycles. The molecule has 1 heterocycles. The van der Waals surface area contributed by atoms with Gasteiger partial charge in [0.1, 0.15) is 0 Å². The fourth-order valence-corrected chi connectivity index (χ4v) is 1.53. The van der Waals surface area contributed by atoms with Crippen molar-refractivity contribution >= 4 is 12.0 Å². The van der Waals surface area contributed by atoms with E-state index in [2.05, 4.69) is 20.8 Å². The topological polar surface area (TPSA) is 104 Å². The monoisotopic (exact) mass is 250 g/mol. The number of carboxylic acids is 1. The molecular formula is C11H14N4O3. The lowest BCUT2D eigenvalue weighted by molar-refractivity contribution is -0.143. The van der Waals surface area contributed by atoms with Gasteiger partial charge >= 0.3 is 12.0 Å². The lowest BCUT2D eigenvalue weighted by Gasteiger charge is -2.11. The minimum atomic E-state index is -0.850. The van der Waals surface area contributed by atoms with Crippen LogP contribution >= 0.6 is 0 Å². The molecule has 2 amide bonds. The maximum absolute atomic E-state index is 11.5. The molecule has 7 nitrogen and oxygen atoms in total. The second-order valence-corrected chi connectivity index (χ2v) is 4.34. The van der Waals surface area contributed by atoms with Crippen molar-refractivity contribution in [1.82, 2.24) is 20.8 Å². The predicted molar refractivity (Wildman–Crippen MR) is 61.6 cm³/mol. The predicted octanol–water partition coefficient (Wildman–Crippen LogP) is 0.141. The molecule has 7 heteroatoms. The second kappa shape index (κ2) is 4.99. The van der Waals surface area contributed by atoms with Gasteiger partial charge in [0.2, 0.25) is 0 Å². The zero-order valence-corrected chi connectivity index (χ0v) is 9.72. The van der Waals surface area contributed by atoms with Crippen LogP contribution in [0.2, 0.25) is 0 Å². The standard InChI is InChI=1S/C11H14N4O3/c16-9(17)11(3-4-11)7-13-10(18)12-6-8-2-1-5-14-15-8/h1-2,5H,3-4,6-7H2,(H,16,17)(H2,12,13,18). The van der Waals surface area contributed by atoms with Crippen LogP contribution in [0.3, 0.4) is 0 Å². The molecule has 1 aliphatic rings. The molecule has 0 atom stereocenters. The van der Waals surface area contributed by atoms with Gasteiger partial charge in [-0.2, -0.15) is 10.2 Å². The van der Waals surface area contributed by atoms with E-state index in [1.165, 1.54) is 0 Å². The summed E-state index contributed by atoms with van der Waals surface area (Å²) in [6, 6.07) is 3.08. The summed E-state index contributed by atoms with van der Waals surface area (Å²) in [5.74, 6) is -0.850. The molecule has 2 rings (SSSR count). The zero-order valence-electron chi connectivity index (χ0n) is 9.72. The molecule has 0 radical (unpaired) electrons. The highest BCUT2D eigenvalue weighted by Gasteiger charge is 2.50. The Kier molecular flexibility index (Phi) is 3.40. The van der Waals surface area contributed by atoms with E-state index in [1.54, 1.807) is 18.3 Å². The number of carbonyl (C=O) groups is 2. The highest BCUT2D eigenvalue weighted by molar-refractivity contribution is 5.80. The molecule has 18 heavy (non-hydrogen) atoms. The molecule has 3 N–H and O–H groups in total. The minimum Gasteiger partial charge on any atom is -0.481 e. The fourth-order valence-electron chi connectivity index (χ4n) is 1.53. The molecule has 0 unspecified atom stereocenters. The third-order valence-electron chi connectivity index (χ3n) is 2.95. The van der Waals surface area contributed by atoms with Crippen molar-refractivity contribution in [3.05, 3.63) is 24.0 Å². The number of aliphatic carboxylic acids is 1. The number of hydrogen-bond donors (Lipinski definition) is 3. The summed E-state index contributed by atoms with van der Waals surface area (Å²) in [7, 11) is 0. The Hall–Kier alpha value is -2.18. The van der Waals surface area contributed by atoms with Crippen LogP contribution in [0.15, 0.2) is 18.3 Å². The molecule has 0 spiro atoms. The van der Waals surface area contributed by atoms with Gasteiger partial charge in [0.15, 0.2) is 0 Å². The van der Waals surface area contributed by atoms with Crippen LogP contribution in [0.1, 0.15) is 18.5 Å². The first kappa shape index (κ1) is 12.3. The third kappa shape index (κ3) is 2.93. The minimum absolute atomic E-state index is 0.161. The Bertz CT molecular complexity index is 445. The molecule has 1 aromatic rings. The van der Waals surface area contributed by atoms with Gasteiger partial charge in [-0.05, 0) is 25.0 Å². The number of rotatable bonds is 5. The highest BCUT2D eigenvalue weighted by Crippen LogP contribution is 2.45. The summed E-state index contributed by atoms with van der Waals surface area (Å²) in [5.41, 5.74) is -0.101. The number of nitrogens with zero attached hydrogens (tertiary/aromatic N) is 2. The van der Waals surface area contributed by atoms with Crippen LogP contribution in [-0.4, -0.2) is 33.8 Å². The average molecular weight is 250 g/mol. The van der Waals surface area contributed by atoms with Crippen LogP contribution in [0.25, 0.3) is 0 Å². The van der Waals surface area contributed by atoms with E-state index >= 15 is 0 Å². The van der Waals surface area contributed by atoms with Crippen LogP contribution in [0.5, 0.6) is 0 Å². The Labute approximate surface area is 104 Å². The number of aromatic nitrogens is 2. The summed E-state index contributed by atoms with van der Waals surface area (Å²) in [6.07, 6.45) is 2.78. The van der Waals surface area contributed by atoms with E-state index in [-0.39, 0.29) is 13.1 Å². The van der Waals surface area contributed by atoms with Crippen molar-refractivity contribution in [2.24, 2.45) is 5.41 Å². The van der Waals surface area contributed by atoms with Crippen molar-refractivity contribution < 1.29 is 14.7 Å². The van der Waals surface area contributed by atoms with Gasteiger partial charge in [-0.3, -0.25) is 4.79 Å². The largest absolute Gasteiger partial charge is 0.481 e. The molecule has 0 aliphatic heterocycles. The van der Waals surface area contributed by atoms with Crippen LogP contribution in [0.4, 0.5) is 4.79 Å². The highest BCUT2D eigenvalue weighted by atomic mass is 16.4. The number of amides is 2. The normalized spacial score (nSPS) is 15.8. The van der Waals surface area contributed by atoms with Crippen molar-refractivity contribution in [3.63, 3.8) is 0 Å². The van der Waals surface area contributed by atoms with Gasteiger partial charge in [-0.25, -0.2) is 4.79 Å². The van der Waals surface area contributed by atoms with Gasteiger partial charge in [-0.1, -0.05) is 0 Å². The quantitative estimate of drug-likeness (QED) is 0.689. The van der Waals surface area contributed by atoms with Crippen molar-refractivity contribution in [1.29, 1.82) is 0 Å². The van der Waals surface area contributed by atoms with Crippen LogP contribution in [-0.2, 0) is 11.3 Å². The zero-order chi connectivity index (χ0) is 13.0. The summed E-state index contributed by atoms with van der Waals surface area (Å²) in [5, 5.41) is 21.6. The summed E-state index contributed by atoms with van der Waals surface area (Å²) in [4.78, 5) is 22.3. The number of carbonyl (C=O) groups excluding carboxylic acids is 1. The fraction of sp³-hybridized carbons (Fsp3) is 0.455. The number of hydrogen-bond acceptors (Lipinski definition) is 4.